The lowest BCUT2D eigenvalue weighted by atomic mass is 10.2. The second-order valence-electron chi connectivity index (χ2n) is 4.39. The summed E-state index contributed by atoms with van der Waals surface area (Å²) < 4.78 is 6.05. The summed E-state index contributed by atoms with van der Waals surface area (Å²) in [4.78, 5) is 35.6. The van der Waals surface area contributed by atoms with Gasteiger partial charge in [-0.25, -0.2) is 0 Å². The van der Waals surface area contributed by atoms with Crippen LogP contribution in [0, 0.1) is 0 Å². The number of ether oxygens (including phenoxy) is 1. The second kappa shape index (κ2) is 6.53. The number of halogens is 1. The van der Waals surface area contributed by atoms with E-state index >= 15 is 0 Å². The van der Waals surface area contributed by atoms with Crippen molar-refractivity contribution in [1.29, 1.82) is 0 Å². The highest BCUT2D eigenvalue weighted by Crippen LogP contribution is 2.24. The highest BCUT2D eigenvalue weighted by atomic mass is 79.9. The quantitative estimate of drug-likeness (QED) is 0.649. The number of nitrogens with one attached hydrogen (secondary N) is 1. The summed E-state index contributed by atoms with van der Waals surface area (Å²) in [5.74, 6) is -0.740. The van der Waals surface area contributed by atoms with Crippen LogP contribution < -0.4 is 10.1 Å². The van der Waals surface area contributed by atoms with Gasteiger partial charge in [0.05, 0.1) is 7.11 Å². The molecule has 6 nitrogen and oxygen atoms in total. The molecule has 1 aromatic carbocycles. The van der Waals surface area contributed by atoms with Gasteiger partial charge in [0, 0.05) is 16.1 Å². The van der Waals surface area contributed by atoms with Crippen LogP contribution in [0.2, 0.25) is 0 Å². The van der Waals surface area contributed by atoms with E-state index in [4.69, 9.17) is 4.74 Å². The van der Waals surface area contributed by atoms with E-state index in [1.54, 1.807) is 18.2 Å². The molecular formula is C14H13BrN2O4. The summed E-state index contributed by atoms with van der Waals surface area (Å²) in [5.41, 5.74) is 0.716. The normalized spacial score (nSPS) is 15.2. The molecule has 1 aliphatic rings. The lowest BCUT2D eigenvalue weighted by Crippen LogP contribution is -2.52. The maximum absolute atomic E-state index is 12.0. The number of hydrogen-bond donors (Lipinski definition) is 1. The van der Waals surface area contributed by atoms with Crippen molar-refractivity contribution < 1.29 is 19.1 Å². The molecule has 1 N–H and O–H groups in total. The standard InChI is InChI=1S/C14H13BrN2O4/c1-21-11-4-3-10(15)6-9(11)2-5-14(20)17-7-12(18)16-13(19)8-17/h2-6H,7-8H2,1H3,(H,16,18,19). The first-order chi connectivity index (χ1) is 9.99. The van der Waals surface area contributed by atoms with Crippen LogP contribution in [0.4, 0.5) is 0 Å². The summed E-state index contributed by atoms with van der Waals surface area (Å²) in [5, 5.41) is 2.14. The Hall–Kier alpha value is -2.15. The SMILES string of the molecule is COc1ccc(Br)cc1C=CC(=O)N1CC(=O)NC(=O)C1. The van der Waals surface area contributed by atoms with Gasteiger partial charge in [0.1, 0.15) is 18.8 Å². The summed E-state index contributed by atoms with van der Waals surface area (Å²) in [7, 11) is 1.54. The van der Waals surface area contributed by atoms with Crippen molar-refractivity contribution in [3.8, 4) is 5.75 Å². The number of piperazine rings is 1. The van der Waals surface area contributed by atoms with Gasteiger partial charge in [-0.1, -0.05) is 15.9 Å². The average Bonchev–Trinajstić information content (AvgIpc) is 2.43. The third-order valence-electron chi connectivity index (χ3n) is 2.86. The van der Waals surface area contributed by atoms with E-state index in [9.17, 15) is 14.4 Å². The maximum atomic E-state index is 12.0. The Morgan fingerprint density at radius 1 is 1.33 bits per heavy atom. The van der Waals surface area contributed by atoms with Crippen LogP contribution in [0.3, 0.4) is 0 Å². The van der Waals surface area contributed by atoms with E-state index in [1.807, 2.05) is 6.07 Å². The van der Waals surface area contributed by atoms with E-state index in [0.29, 0.717) is 11.3 Å². The number of carbonyl (C=O) groups is 3. The van der Waals surface area contributed by atoms with Crippen molar-refractivity contribution in [2.75, 3.05) is 20.2 Å². The Bertz CT molecular complexity index is 611. The topological polar surface area (TPSA) is 75.7 Å². The van der Waals surface area contributed by atoms with E-state index in [1.165, 1.54) is 18.1 Å². The van der Waals surface area contributed by atoms with Gasteiger partial charge in [-0.3, -0.25) is 19.7 Å². The van der Waals surface area contributed by atoms with Crippen molar-refractivity contribution in [2.24, 2.45) is 0 Å². The van der Waals surface area contributed by atoms with E-state index in [2.05, 4.69) is 21.2 Å². The molecule has 0 bridgehead atoms. The van der Waals surface area contributed by atoms with E-state index in [0.717, 1.165) is 4.47 Å². The highest BCUT2D eigenvalue weighted by Gasteiger charge is 2.24. The van der Waals surface area contributed by atoms with Crippen LogP contribution in [0.1, 0.15) is 5.56 Å². The lowest BCUT2D eigenvalue weighted by Gasteiger charge is -2.24. The van der Waals surface area contributed by atoms with Crippen molar-refractivity contribution in [3.63, 3.8) is 0 Å². The van der Waals surface area contributed by atoms with Crippen molar-refractivity contribution in [2.45, 2.75) is 0 Å². The number of nitrogens with zero attached hydrogens (tertiary/aromatic N) is 1. The first-order valence-electron chi connectivity index (χ1n) is 6.13. The fourth-order valence-corrected chi connectivity index (χ4v) is 2.27. The molecular weight excluding hydrogens is 340 g/mol. The van der Waals surface area contributed by atoms with Gasteiger partial charge >= 0.3 is 0 Å². The van der Waals surface area contributed by atoms with Gasteiger partial charge in [-0.2, -0.15) is 0 Å². The predicted octanol–water partition coefficient (Wildman–Crippen LogP) is 0.956. The Labute approximate surface area is 129 Å². The molecule has 1 aromatic rings. The molecule has 0 radical (unpaired) electrons. The molecule has 21 heavy (non-hydrogen) atoms. The number of amides is 3. The van der Waals surface area contributed by atoms with Gasteiger partial charge < -0.3 is 9.64 Å². The second-order valence-corrected chi connectivity index (χ2v) is 5.30. The Morgan fingerprint density at radius 2 is 2.00 bits per heavy atom. The van der Waals surface area contributed by atoms with Crippen LogP contribution >= 0.6 is 15.9 Å². The minimum atomic E-state index is -0.479. The predicted molar refractivity (Wildman–Crippen MR) is 79.5 cm³/mol. The molecule has 2 rings (SSSR count). The molecule has 0 aliphatic carbocycles. The Morgan fingerprint density at radius 3 is 2.62 bits per heavy atom. The lowest BCUT2D eigenvalue weighted by molar-refractivity contribution is -0.143. The van der Waals surface area contributed by atoms with E-state index in [-0.39, 0.29) is 13.1 Å². The molecule has 0 saturated carbocycles. The fraction of sp³-hybridized carbons (Fsp3) is 0.214. The molecule has 1 fully saturated rings. The third kappa shape index (κ3) is 3.91. The molecule has 1 aliphatic heterocycles. The smallest absolute Gasteiger partial charge is 0.247 e. The molecule has 1 saturated heterocycles. The fourth-order valence-electron chi connectivity index (χ4n) is 1.89. The molecule has 0 atom stereocenters. The monoisotopic (exact) mass is 352 g/mol. The van der Waals surface area contributed by atoms with Crippen LogP contribution in [0.25, 0.3) is 6.08 Å². The summed E-state index contributed by atoms with van der Waals surface area (Å²) in [6.45, 7) is -0.241. The zero-order valence-electron chi connectivity index (χ0n) is 11.3. The van der Waals surface area contributed by atoms with Gasteiger partial charge in [-0.05, 0) is 24.3 Å². The van der Waals surface area contributed by atoms with Gasteiger partial charge in [-0.15, -0.1) is 0 Å². The van der Waals surface area contributed by atoms with Crippen LogP contribution in [-0.4, -0.2) is 42.8 Å². The summed E-state index contributed by atoms with van der Waals surface area (Å²) in [6, 6.07) is 5.40. The van der Waals surface area contributed by atoms with Gasteiger partial charge in [0.2, 0.25) is 17.7 Å². The number of carbonyl (C=O) groups excluding carboxylic acids is 3. The minimum Gasteiger partial charge on any atom is -0.496 e. The maximum Gasteiger partial charge on any atom is 0.247 e. The van der Waals surface area contributed by atoms with Crippen molar-refractivity contribution >= 4 is 39.7 Å². The van der Waals surface area contributed by atoms with Crippen molar-refractivity contribution in [1.82, 2.24) is 10.2 Å². The van der Waals surface area contributed by atoms with Gasteiger partial charge in [0.15, 0.2) is 0 Å². The molecule has 110 valence electrons. The highest BCUT2D eigenvalue weighted by molar-refractivity contribution is 9.10. The van der Waals surface area contributed by atoms with Crippen LogP contribution in [0.5, 0.6) is 5.75 Å². The molecule has 0 aromatic heterocycles. The first kappa shape index (κ1) is 15.2. The minimum absolute atomic E-state index is 0.121. The zero-order valence-corrected chi connectivity index (χ0v) is 12.8. The first-order valence-corrected chi connectivity index (χ1v) is 6.92. The summed E-state index contributed by atoms with van der Waals surface area (Å²) in [6.07, 6.45) is 2.90. The number of methoxy groups -OCH3 is 1. The van der Waals surface area contributed by atoms with E-state index < -0.39 is 17.7 Å². The molecule has 1 heterocycles. The molecule has 0 spiro atoms. The third-order valence-corrected chi connectivity index (χ3v) is 3.35. The average molecular weight is 353 g/mol. The van der Waals surface area contributed by atoms with Crippen LogP contribution in [-0.2, 0) is 14.4 Å². The Balaban J connectivity index is 2.13. The zero-order chi connectivity index (χ0) is 15.4. The number of hydrogen-bond acceptors (Lipinski definition) is 4. The van der Waals surface area contributed by atoms with Crippen LogP contribution in [0.15, 0.2) is 28.7 Å². The van der Waals surface area contributed by atoms with Crippen molar-refractivity contribution in [3.05, 3.63) is 34.3 Å². The number of benzene rings is 1. The summed E-state index contributed by atoms with van der Waals surface area (Å²) >= 11 is 3.34. The van der Waals surface area contributed by atoms with Gasteiger partial charge in [0.25, 0.3) is 0 Å². The largest absolute Gasteiger partial charge is 0.496 e. The number of rotatable bonds is 3. The molecule has 3 amide bonds. The number of imide groups is 1. The molecule has 0 unspecified atom stereocenters. The molecule has 7 heteroatoms. The Kier molecular flexibility index (Phi) is 4.74.